The zero-order chi connectivity index (χ0) is 35.7. The summed E-state index contributed by atoms with van der Waals surface area (Å²) in [7, 11) is 2.72. The number of esters is 2. The summed E-state index contributed by atoms with van der Waals surface area (Å²) in [6.45, 7) is 3.13. The Balaban J connectivity index is 1.47. The number of phenols is 1. The lowest BCUT2D eigenvalue weighted by Crippen LogP contribution is -2.61. The number of hydrogen-bond acceptors (Lipinski definition) is 16. The first-order valence-electron chi connectivity index (χ1n) is 15.3. The number of carbonyl (C=O) groups is 2. The van der Waals surface area contributed by atoms with E-state index in [4.69, 9.17) is 37.6 Å². The van der Waals surface area contributed by atoms with E-state index in [0.29, 0.717) is 11.3 Å². The Morgan fingerprint density at radius 1 is 0.837 bits per heavy atom. The maximum absolute atomic E-state index is 13.2. The molecule has 266 valence electrons. The summed E-state index contributed by atoms with van der Waals surface area (Å²) in [4.78, 5) is 36.8. The molecule has 5 rings (SSSR count). The van der Waals surface area contributed by atoms with Crippen LogP contribution >= 0.6 is 0 Å². The molecule has 16 heteroatoms. The van der Waals surface area contributed by atoms with E-state index in [1.54, 1.807) is 24.3 Å². The van der Waals surface area contributed by atoms with Crippen molar-refractivity contribution in [3.63, 3.8) is 0 Å². The maximum Gasteiger partial charge on any atom is 0.303 e. The fraction of sp³-hybridized carbons (Fsp3) is 0.485. The Labute approximate surface area is 279 Å². The van der Waals surface area contributed by atoms with Gasteiger partial charge in [0.05, 0.1) is 26.9 Å². The predicted octanol–water partition coefficient (Wildman–Crippen LogP) is 0.691. The molecule has 0 aliphatic carbocycles. The fourth-order valence-corrected chi connectivity index (χ4v) is 5.92. The highest BCUT2D eigenvalue weighted by molar-refractivity contribution is 5.88. The molecule has 0 unspecified atom stereocenters. The molecule has 0 spiro atoms. The third-order valence-corrected chi connectivity index (χ3v) is 8.36. The molecular weight excluding hydrogens is 652 g/mol. The van der Waals surface area contributed by atoms with Gasteiger partial charge < -0.3 is 63.1 Å². The molecule has 2 saturated heterocycles. The van der Waals surface area contributed by atoms with E-state index in [9.17, 15) is 39.9 Å². The summed E-state index contributed by atoms with van der Waals surface area (Å²) in [5, 5.41) is 54.4. The lowest BCUT2D eigenvalue weighted by molar-refractivity contribution is -0.312. The zero-order valence-electron chi connectivity index (χ0n) is 27.2. The lowest BCUT2D eigenvalue weighted by atomic mass is 9.90. The highest BCUT2D eigenvalue weighted by Crippen LogP contribution is 2.45. The second-order valence-corrected chi connectivity index (χ2v) is 11.7. The molecule has 2 aromatic carbocycles. The van der Waals surface area contributed by atoms with E-state index in [0.717, 1.165) is 13.8 Å². The number of methoxy groups -OCH3 is 2. The topological polar surface area (TPSA) is 230 Å². The third-order valence-electron chi connectivity index (χ3n) is 8.36. The number of aliphatic hydroxyl groups is 4. The molecule has 49 heavy (non-hydrogen) atoms. The SMILES string of the molecule is COc1ccc(-c2cc(=O)c3c(O)c(OC)c([C@@H]4O[C@H](CO[C@@H]5O[C@@H](C)[C@H](O)[C@@H](OC(C)=O)[C@H]5OC(C)=O)[C@@H](O)[C@H](O)[C@H]4O)cc3o2)cc1. The Hall–Kier alpha value is -4.29. The molecule has 0 bridgehead atoms. The van der Waals surface area contributed by atoms with Crippen LogP contribution in [0.3, 0.4) is 0 Å². The van der Waals surface area contributed by atoms with E-state index >= 15 is 0 Å². The molecule has 1 aromatic heterocycles. The highest BCUT2D eigenvalue weighted by Gasteiger charge is 2.50. The van der Waals surface area contributed by atoms with Crippen LogP contribution in [0.5, 0.6) is 17.2 Å². The summed E-state index contributed by atoms with van der Waals surface area (Å²) in [5.41, 5.74) is -0.206. The Morgan fingerprint density at radius 2 is 1.49 bits per heavy atom. The average molecular weight is 691 g/mol. The largest absolute Gasteiger partial charge is 0.504 e. The number of benzene rings is 2. The molecule has 16 nitrogen and oxygen atoms in total. The van der Waals surface area contributed by atoms with Gasteiger partial charge in [-0.1, -0.05) is 0 Å². The zero-order valence-corrected chi connectivity index (χ0v) is 27.2. The minimum absolute atomic E-state index is 0.0376. The van der Waals surface area contributed by atoms with E-state index in [1.807, 2.05) is 0 Å². The maximum atomic E-state index is 13.2. The van der Waals surface area contributed by atoms with Crippen molar-refractivity contribution >= 4 is 22.9 Å². The van der Waals surface area contributed by atoms with Gasteiger partial charge in [0.1, 0.15) is 59.1 Å². The van der Waals surface area contributed by atoms with Gasteiger partial charge in [0.15, 0.2) is 35.4 Å². The van der Waals surface area contributed by atoms with Crippen molar-refractivity contribution in [2.24, 2.45) is 0 Å². The number of ether oxygens (including phenoxy) is 7. The summed E-state index contributed by atoms with van der Waals surface area (Å²) >= 11 is 0. The number of hydrogen-bond donors (Lipinski definition) is 5. The molecule has 0 radical (unpaired) electrons. The van der Waals surface area contributed by atoms with Gasteiger partial charge in [-0.3, -0.25) is 14.4 Å². The lowest BCUT2D eigenvalue weighted by Gasteiger charge is -2.44. The first kappa shape index (κ1) is 36.0. The van der Waals surface area contributed by atoms with Crippen LogP contribution in [0.2, 0.25) is 0 Å². The van der Waals surface area contributed by atoms with Gasteiger partial charge in [0.25, 0.3) is 0 Å². The average Bonchev–Trinajstić information content (AvgIpc) is 3.06. The molecule has 3 heterocycles. The van der Waals surface area contributed by atoms with Gasteiger partial charge in [-0.25, -0.2) is 0 Å². The minimum Gasteiger partial charge on any atom is -0.504 e. The molecule has 2 aliphatic heterocycles. The fourth-order valence-electron chi connectivity index (χ4n) is 5.92. The Bertz CT molecular complexity index is 1720. The number of aliphatic hydroxyl groups excluding tert-OH is 4. The van der Waals surface area contributed by atoms with Crippen molar-refractivity contribution in [3.05, 3.63) is 52.2 Å². The number of carbonyl (C=O) groups excluding carboxylic acids is 2. The van der Waals surface area contributed by atoms with Gasteiger partial charge in [-0.2, -0.15) is 0 Å². The van der Waals surface area contributed by atoms with E-state index < -0.39 is 90.9 Å². The Kier molecular flexibility index (Phi) is 10.8. The van der Waals surface area contributed by atoms with Gasteiger partial charge in [0.2, 0.25) is 0 Å². The highest BCUT2D eigenvalue weighted by atomic mass is 16.7. The first-order valence-corrected chi connectivity index (χ1v) is 15.3. The van der Waals surface area contributed by atoms with Gasteiger partial charge >= 0.3 is 11.9 Å². The molecular formula is C33H38O16. The van der Waals surface area contributed by atoms with Gasteiger partial charge in [0, 0.05) is 31.0 Å². The summed E-state index contributed by atoms with van der Waals surface area (Å²) < 4.78 is 44.6. The van der Waals surface area contributed by atoms with Crippen molar-refractivity contribution in [3.8, 4) is 28.6 Å². The van der Waals surface area contributed by atoms with Gasteiger partial charge in [-0.05, 0) is 37.3 Å². The first-order chi connectivity index (χ1) is 23.2. The number of aromatic hydroxyl groups is 1. The van der Waals surface area contributed by atoms with Crippen LogP contribution in [-0.2, 0) is 33.3 Å². The van der Waals surface area contributed by atoms with Crippen LogP contribution in [0.4, 0.5) is 0 Å². The van der Waals surface area contributed by atoms with Crippen LogP contribution in [0.1, 0.15) is 32.4 Å². The molecule has 3 aromatic rings. The molecule has 0 saturated carbocycles. The molecule has 5 N–H and O–H groups in total. The number of fused-ring (bicyclic) bond motifs is 1. The van der Waals surface area contributed by atoms with Crippen molar-refractivity contribution < 1.29 is 72.7 Å². The van der Waals surface area contributed by atoms with Crippen molar-refractivity contribution in [1.29, 1.82) is 0 Å². The Morgan fingerprint density at radius 3 is 2.10 bits per heavy atom. The molecule has 10 atom stereocenters. The second-order valence-electron chi connectivity index (χ2n) is 11.7. The van der Waals surface area contributed by atoms with Crippen molar-refractivity contribution in [1.82, 2.24) is 0 Å². The minimum atomic E-state index is -1.82. The van der Waals surface area contributed by atoms with Crippen LogP contribution in [0.25, 0.3) is 22.3 Å². The monoisotopic (exact) mass is 690 g/mol. The van der Waals surface area contributed by atoms with E-state index in [2.05, 4.69) is 0 Å². The second kappa shape index (κ2) is 14.7. The summed E-state index contributed by atoms with van der Waals surface area (Å²) in [6, 6.07) is 9.19. The normalized spacial score (nSPS) is 30.1. The van der Waals surface area contributed by atoms with Crippen LogP contribution in [0.15, 0.2) is 45.6 Å². The smallest absolute Gasteiger partial charge is 0.303 e. The van der Waals surface area contributed by atoms with E-state index in [1.165, 1.54) is 33.3 Å². The standard InChI is InChI=1S/C33H38O16/c1-13-24(37)31(46-14(2)34)32(47-15(3)35)33(45-13)44-12-22-25(38)27(40)28(41)30(49-22)18-10-21-23(26(39)29(18)43-5)19(36)11-20(48-21)16-6-8-17(42-4)9-7-16/h6-11,13,22,24-25,27-28,30-33,37-41H,12H2,1-5H3/t13-,22+,24-,25+,27-,28+,30-,31+,32+,33+/m0/s1. The van der Waals surface area contributed by atoms with Gasteiger partial charge in [-0.15, -0.1) is 0 Å². The quantitative estimate of drug-likeness (QED) is 0.195. The van der Waals surface area contributed by atoms with Crippen LogP contribution in [-0.4, -0.2) is 113 Å². The predicted molar refractivity (Wildman–Crippen MR) is 166 cm³/mol. The van der Waals surface area contributed by atoms with Crippen molar-refractivity contribution in [2.75, 3.05) is 20.8 Å². The van der Waals surface area contributed by atoms with Crippen LogP contribution < -0.4 is 14.9 Å². The summed E-state index contributed by atoms with van der Waals surface area (Å²) in [6.07, 6.45) is -14.8. The summed E-state index contributed by atoms with van der Waals surface area (Å²) in [5.74, 6) is -1.70. The molecule has 0 amide bonds. The van der Waals surface area contributed by atoms with Crippen molar-refractivity contribution in [2.45, 2.75) is 82.0 Å². The molecule has 2 fully saturated rings. The van der Waals surface area contributed by atoms with E-state index in [-0.39, 0.29) is 28.0 Å². The molecule has 2 aliphatic rings. The third kappa shape index (κ3) is 7.21. The number of rotatable bonds is 9. The number of phenolic OH excluding ortho intramolecular Hbond substituents is 1. The van der Waals surface area contributed by atoms with Crippen LogP contribution in [0, 0.1) is 0 Å².